The van der Waals surface area contributed by atoms with E-state index in [2.05, 4.69) is 15.3 Å². The van der Waals surface area contributed by atoms with Crippen LogP contribution in [0.5, 0.6) is 5.75 Å². The number of aromatic nitrogens is 2. The molecule has 1 aromatic carbocycles. The van der Waals surface area contributed by atoms with Crippen LogP contribution < -0.4 is 10.1 Å². The minimum absolute atomic E-state index is 0.265. The van der Waals surface area contributed by atoms with Gasteiger partial charge in [0.05, 0.1) is 19.0 Å². The van der Waals surface area contributed by atoms with Crippen molar-refractivity contribution in [1.29, 1.82) is 0 Å². The van der Waals surface area contributed by atoms with Gasteiger partial charge in [0, 0.05) is 12.4 Å². The van der Waals surface area contributed by atoms with Crippen molar-refractivity contribution in [3.63, 3.8) is 0 Å². The monoisotopic (exact) mass is 243 g/mol. The predicted octanol–water partition coefficient (Wildman–Crippen LogP) is 2.05. The van der Waals surface area contributed by atoms with Crippen molar-refractivity contribution in [1.82, 2.24) is 9.97 Å². The third-order valence-corrected chi connectivity index (χ3v) is 2.40. The number of benzene rings is 1. The van der Waals surface area contributed by atoms with Crippen molar-refractivity contribution in [2.45, 2.75) is 6.92 Å². The van der Waals surface area contributed by atoms with Crippen molar-refractivity contribution in [2.24, 2.45) is 0 Å². The molecule has 18 heavy (non-hydrogen) atoms. The van der Waals surface area contributed by atoms with Crippen LogP contribution in [-0.2, 0) is 0 Å². The predicted molar refractivity (Wildman–Crippen MR) is 67.7 cm³/mol. The maximum absolute atomic E-state index is 11.9. The number of amides is 1. The van der Waals surface area contributed by atoms with E-state index in [1.165, 1.54) is 18.6 Å². The van der Waals surface area contributed by atoms with Crippen molar-refractivity contribution in [2.75, 3.05) is 12.4 Å². The molecule has 2 rings (SSSR count). The molecule has 2 aromatic rings. The van der Waals surface area contributed by atoms with Crippen molar-refractivity contribution >= 4 is 11.6 Å². The van der Waals surface area contributed by atoms with Crippen molar-refractivity contribution in [3.05, 3.63) is 48.0 Å². The number of nitrogens with zero attached hydrogens (tertiary/aromatic N) is 2. The van der Waals surface area contributed by atoms with E-state index in [1.54, 1.807) is 7.11 Å². The van der Waals surface area contributed by atoms with Crippen LogP contribution in [0.15, 0.2) is 36.8 Å². The fourth-order valence-corrected chi connectivity index (χ4v) is 1.52. The second kappa shape index (κ2) is 5.27. The molecule has 1 amide bonds. The maximum Gasteiger partial charge on any atom is 0.275 e. The standard InChI is InChI=1S/C13H13N3O2/c1-9-3-4-12(18-2)10(7-9)16-13(17)11-8-14-5-6-15-11/h3-8H,1-2H3,(H,16,17). The molecule has 0 atom stereocenters. The van der Waals surface area contributed by atoms with E-state index in [9.17, 15) is 4.79 Å². The van der Waals surface area contributed by atoms with E-state index in [0.29, 0.717) is 11.4 Å². The van der Waals surface area contributed by atoms with E-state index in [4.69, 9.17) is 4.74 Å². The Bertz CT molecular complexity index is 555. The summed E-state index contributed by atoms with van der Waals surface area (Å²) >= 11 is 0. The lowest BCUT2D eigenvalue weighted by Crippen LogP contribution is -2.14. The number of carbonyl (C=O) groups is 1. The summed E-state index contributed by atoms with van der Waals surface area (Å²) in [5.74, 6) is 0.296. The molecular weight excluding hydrogens is 230 g/mol. The van der Waals surface area contributed by atoms with Gasteiger partial charge in [-0.25, -0.2) is 4.98 Å². The summed E-state index contributed by atoms with van der Waals surface area (Å²) in [6.07, 6.45) is 4.41. The number of carbonyl (C=O) groups excluding carboxylic acids is 1. The Morgan fingerprint density at radius 1 is 1.33 bits per heavy atom. The summed E-state index contributed by atoms with van der Waals surface area (Å²) < 4.78 is 5.19. The molecule has 5 heteroatoms. The molecule has 0 aliphatic carbocycles. The highest BCUT2D eigenvalue weighted by Gasteiger charge is 2.10. The van der Waals surface area contributed by atoms with Gasteiger partial charge in [0.1, 0.15) is 11.4 Å². The lowest BCUT2D eigenvalue weighted by atomic mass is 10.2. The van der Waals surface area contributed by atoms with Crippen LogP contribution in [0.1, 0.15) is 16.1 Å². The zero-order valence-electron chi connectivity index (χ0n) is 10.2. The Kier molecular flexibility index (Phi) is 3.52. The highest BCUT2D eigenvalue weighted by Crippen LogP contribution is 2.25. The zero-order chi connectivity index (χ0) is 13.0. The number of anilines is 1. The average molecular weight is 243 g/mol. The van der Waals surface area contributed by atoms with Crippen LogP contribution in [0, 0.1) is 6.92 Å². The molecule has 0 spiro atoms. The largest absolute Gasteiger partial charge is 0.495 e. The quantitative estimate of drug-likeness (QED) is 0.896. The second-order valence-corrected chi connectivity index (χ2v) is 3.75. The molecule has 0 fully saturated rings. The minimum atomic E-state index is -0.313. The van der Waals surface area contributed by atoms with Gasteiger partial charge in [-0.15, -0.1) is 0 Å². The molecule has 0 saturated heterocycles. The normalized spacial score (nSPS) is 9.89. The van der Waals surface area contributed by atoms with E-state index in [0.717, 1.165) is 5.56 Å². The Hall–Kier alpha value is -2.43. The first kappa shape index (κ1) is 12.0. The lowest BCUT2D eigenvalue weighted by Gasteiger charge is -2.10. The number of ether oxygens (including phenoxy) is 1. The molecule has 1 heterocycles. The number of rotatable bonds is 3. The van der Waals surface area contributed by atoms with Gasteiger partial charge in [0.2, 0.25) is 0 Å². The van der Waals surface area contributed by atoms with Crippen molar-refractivity contribution < 1.29 is 9.53 Å². The third-order valence-electron chi connectivity index (χ3n) is 2.40. The first-order valence-corrected chi connectivity index (χ1v) is 5.42. The van der Waals surface area contributed by atoms with Crippen LogP contribution in [0.3, 0.4) is 0 Å². The molecule has 0 saturated carbocycles. The first-order valence-electron chi connectivity index (χ1n) is 5.42. The molecule has 1 aromatic heterocycles. The Morgan fingerprint density at radius 3 is 2.83 bits per heavy atom. The molecule has 1 N–H and O–H groups in total. The van der Waals surface area contributed by atoms with Crippen molar-refractivity contribution in [3.8, 4) is 5.75 Å². The van der Waals surface area contributed by atoms with Gasteiger partial charge in [-0.05, 0) is 24.6 Å². The van der Waals surface area contributed by atoms with E-state index in [1.807, 2.05) is 25.1 Å². The molecule has 0 aliphatic heterocycles. The number of aryl methyl sites for hydroxylation is 1. The summed E-state index contributed by atoms with van der Waals surface area (Å²) in [5, 5.41) is 2.75. The van der Waals surface area contributed by atoms with Crippen LogP contribution in [0.4, 0.5) is 5.69 Å². The summed E-state index contributed by atoms with van der Waals surface area (Å²) in [6.45, 7) is 1.94. The van der Waals surface area contributed by atoms with Gasteiger partial charge >= 0.3 is 0 Å². The van der Waals surface area contributed by atoms with Crippen LogP contribution in [-0.4, -0.2) is 23.0 Å². The van der Waals surface area contributed by atoms with Gasteiger partial charge < -0.3 is 10.1 Å². The third kappa shape index (κ3) is 2.63. The number of hydrogen-bond acceptors (Lipinski definition) is 4. The number of nitrogens with one attached hydrogen (secondary N) is 1. The molecule has 0 unspecified atom stereocenters. The number of hydrogen-bond donors (Lipinski definition) is 1. The first-order chi connectivity index (χ1) is 8.70. The fraction of sp³-hybridized carbons (Fsp3) is 0.154. The smallest absolute Gasteiger partial charge is 0.275 e. The fourth-order valence-electron chi connectivity index (χ4n) is 1.52. The van der Waals surface area contributed by atoms with Gasteiger partial charge in [-0.3, -0.25) is 9.78 Å². The Labute approximate surface area is 105 Å². The highest BCUT2D eigenvalue weighted by molar-refractivity contribution is 6.03. The van der Waals surface area contributed by atoms with Crippen LogP contribution in [0.2, 0.25) is 0 Å². The summed E-state index contributed by atoms with van der Waals surface area (Å²) in [4.78, 5) is 19.7. The zero-order valence-corrected chi connectivity index (χ0v) is 10.2. The maximum atomic E-state index is 11.9. The number of methoxy groups -OCH3 is 1. The van der Waals surface area contributed by atoms with E-state index < -0.39 is 0 Å². The SMILES string of the molecule is COc1ccc(C)cc1NC(=O)c1cnccn1. The van der Waals surface area contributed by atoms with Gasteiger partial charge in [0.25, 0.3) is 5.91 Å². The van der Waals surface area contributed by atoms with E-state index >= 15 is 0 Å². The topological polar surface area (TPSA) is 64.1 Å². The van der Waals surface area contributed by atoms with E-state index in [-0.39, 0.29) is 11.6 Å². The molecular formula is C13H13N3O2. The Balaban J connectivity index is 2.24. The molecule has 0 bridgehead atoms. The molecule has 5 nitrogen and oxygen atoms in total. The molecule has 0 aliphatic rings. The minimum Gasteiger partial charge on any atom is -0.495 e. The second-order valence-electron chi connectivity index (χ2n) is 3.75. The van der Waals surface area contributed by atoms with Crippen LogP contribution >= 0.6 is 0 Å². The molecule has 92 valence electrons. The highest BCUT2D eigenvalue weighted by atomic mass is 16.5. The Morgan fingerprint density at radius 2 is 2.17 bits per heavy atom. The van der Waals surface area contributed by atoms with Crippen LogP contribution in [0.25, 0.3) is 0 Å². The molecule has 0 radical (unpaired) electrons. The average Bonchev–Trinajstić information content (AvgIpc) is 2.40. The summed E-state index contributed by atoms with van der Waals surface area (Å²) in [7, 11) is 1.56. The van der Waals surface area contributed by atoms with Gasteiger partial charge in [0.15, 0.2) is 0 Å². The van der Waals surface area contributed by atoms with Gasteiger partial charge in [-0.2, -0.15) is 0 Å². The summed E-state index contributed by atoms with van der Waals surface area (Å²) in [6, 6.07) is 5.56. The summed E-state index contributed by atoms with van der Waals surface area (Å²) in [5.41, 5.74) is 1.92. The van der Waals surface area contributed by atoms with Gasteiger partial charge in [-0.1, -0.05) is 6.07 Å². The lowest BCUT2D eigenvalue weighted by molar-refractivity contribution is 0.102.